The van der Waals surface area contributed by atoms with Gasteiger partial charge in [-0.1, -0.05) is 37.3 Å². The van der Waals surface area contributed by atoms with E-state index >= 15 is 0 Å². The van der Waals surface area contributed by atoms with Gasteiger partial charge in [0, 0.05) is 24.4 Å². The predicted molar refractivity (Wildman–Crippen MR) is 115 cm³/mol. The zero-order valence-electron chi connectivity index (χ0n) is 18.0. The Morgan fingerprint density at radius 1 is 1.17 bits per heavy atom. The van der Waals surface area contributed by atoms with Crippen molar-refractivity contribution in [2.45, 2.75) is 63.0 Å². The van der Waals surface area contributed by atoms with Crippen LogP contribution in [0.2, 0.25) is 0 Å². The van der Waals surface area contributed by atoms with Gasteiger partial charge >= 0.3 is 6.09 Å². The molecule has 3 unspecified atom stereocenters. The molecule has 6 heteroatoms. The molecule has 30 heavy (non-hydrogen) atoms. The highest BCUT2D eigenvalue weighted by molar-refractivity contribution is 5.68. The molecular formula is C24H33N3O3. The van der Waals surface area contributed by atoms with Gasteiger partial charge in [-0.3, -0.25) is 5.10 Å². The quantitative estimate of drug-likeness (QED) is 0.773. The predicted octanol–water partition coefficient (Wildman–Crippen LogP) is 4.71. The van der Waals surface area contributed by atoms with Crippen molar-refractivity contribution in [2.75, 3.05) is 20.3 Å². The van der Waals surface area contributed by atoms with E-state index in [9.17, 15) is 4.79 Å². The Kier molecular flexibility index (Phi) is 6.72. The molecule has 2 aliphatic rings. The van der Waals surface area contributed by atoms with Crippen LogP contribution in [-0.2, 0) is 9.47 Å². The van der Waals surface area contributed by atoms with Crippen molar-refractivity contribution in [2.24, 2.45) is 5.92 Å². The molecule has 0 radical (unpaired) electrons. The van der Waals surface area contributed by atoms with Crippen molar-refractivity contribution in [3.63, 3.8) is 0 Å². The van der Waals surface area contributed by atoms with E-state index < -0.39 is 0 Å². The maximum atomic E-state index is 12.5. The molecule has 1 aromatic heterocycles. The molecule has 1 saturated heterocycles. The fourth-order valence-electron chi connectivity index (χ4n) is 5.22. The number of amides is 1. The monoisotopic (exact) mass is 411 g/mol. The molecule has 2 heterocycles. The summed E-state index contributed by atoms with van der Waals surface area (Å²) in [5, 5.41) is 7.25. The van der Waals surface area contributed by atoms with Gasteiger partial charge in [0.05, 0.1) is 25.9 Å². The van der Waals surface area contributed by atoms with Crippen LogP contribution in [-0.4, -0.2) is 53.6 Å². The van der Waals surface area contributed by atoms with Crippen LogP contribution in [0.1, 0.15) is 62.1 Å². The van der Waals surface area contributed by atoms with Gasteiger partial charge in [0.15, 0.2) is 0 Å². The molecule has 162 valence electrons. The normalized spacial score (nSPS) is 29.5. The van der Waals surface area contributed by atoms with Gasteiger partial charge in [0.2, 0.25) is 0 Å². The van der Waals surface area contributed by atoms with E-state index in [4.69, 9.17) is 9.47 Å². The van der Waals surface area contributed by atoms with Crippen molar-refractivity contribution in [1.29, 1.82) is 0 Å². The Hall–Kier alpha value is -2.34. The number of nitrogens with zero attached hydrogens (tertiary/aromatic N) is 2. The van der Waals surface area contributed by atoms with Crippen molar-refractivity contribution in [3.05, 3.63) is 53.9 Å². The highest BCUT2D eigenvalue weighted by Gasteiger charge is 2.40. The molecule has 2 aromatic rings. The van der Waals surface area contributed by atoms with Gasteiger partial charge in [0.25, 0.3) is 0 Å². The van der Waals surface area contributed by atoms with Crippen LogP contribution in [0.5, 0.6) is 0 Å². The van der Waals surface area contributed by atoms with Gasteiger partial charge in [-0.05, 0) is 55.6 Å². The second-order valence-electron chi connectivity index (χ2n) is 8.87. The van der Waals surface area contributed by atoms with Crippen LogP contribution in [0.4, 0.5) is 4.79 Å². The summed E-state index contributed by atoms with van der Waals surface area (Å²) in [6.45, 7) is 3.42. The number of carbonyl (C=O) groups excluding carboxylic acids is 1. The van der Waals surface area contributed by atoms with E-state index in [2.05, 4.69) is 47.5 Å². The first-order chi connectivity index (χ1) is 14.7. The van der Waals surface area contributed by atoms with E-state index in [1.807, 2.05) is 11.0 Å². The molecule has 2 fully saturated rings. The maximum Gasteiger partial charge on any atom is 0.409 e. The third-order valence-electron chi connectivity index (χ3n) is 6.81. The number of methoxy groups -OCH3 is 1. The fraction of sp³-hybridized carbons (Fsp3) is 0.583. The minimum absolute atomic E-state index is 0.0408. The van der Waals surface area contributed by atoms with Crippen LogP contribution in [0, 0.1) is 5.92 Å². The van der Waals surface area contributed by atoms with E-state index in [1.165, 1.54) is 12.7 Å². The molecule has 3 atom stereocenters. The summed E-state index contributed by atoms with van der Waals surface area (Å²) in [4.78, 5) is 14.4. The zero-order chi connectivity index (χ0) is 20.9. The Morgan fingerprint density at radius 2 is 1.93 bits per heavy atom. The highest BCUT2D eigenvalue weighted by Crippen LogP contribution is 2.37. The van der Waals surface area contributed by atoms with Crippen LogP contribution < -0.4 is 0 Å². The summed E-state index contributed by atoms with van der Waals surface area (Å²) in [6, 6.07) is 12.8. The number of nitrogens with one attached hydrogen (secondary N) is 1. The molecule has 1 aliphatic heterocycles. The number of aromatic amines is 1. The van der Waals surface area contributed by atoms with Gasteiger partial charge in [-0.15, -0.1) is 0 Å². The van der Waals surface area contributed by atoms with E-state index in [0.717, 1.165) is 37.8 Å². The third kappa shape index (κ3) is 4.69. The standard InChI is InChI=1S/C24H33N3O3/c1-17-14-21(22-12-13-25-26-22)23(27(15-17)24(28)29-2)16-30-20-10-8-19(9-11-20)18-6-4-3-5-7-18/h3-7,12-13,17,19-21,23H,8-11,14-16H2,1-2H3,(H,25,26). The number of likely N-dealkylation sites (tertiary alicyclic amines) is 1. The molecular weight excluding hydrogens is 378 g/mol. The van der Waals surface area contributed by atoms with Crippen molar-refractivity contribution in [3.8, 4) is 0 Å². The summed E-state index contributed by atoms with van der Waals surface area (Å²) in [5.41, 5.74) is 2.50. The van der Waals surface area contributed by atoms with Crippen LogP contribution >= 0.6 is 0 Å². The van der Waals surface area contributed by atoms with Crippen molar-refractivity contribution >= 4 is 6.09 Å². The van der Waals surface area contributed by atoms with Gasteiger partial charge in [-0.2, -0.15) is 5.10 Å². The molecule has 1 aliphatic carbocycles. The number of hydrogen-bond donors (Lipinski definition) is 1. The zero-order valence-corrected chi connectivity index (χ0v) is 18.0. The summed E-state index contributed by atoms with van der Waals surface area (Å²) >= 11 is 0. The SMILES string of the molecule is COC(=O)N1CC(C)CC(c2ccn[nH]2)C1COC1CCC(c2ccccc2)CC1. The summed E-state index contributed by atoms with van der Waals surface area (Å²) in [6.07, 6.45) is 7.20. The average Bonchev–Trinajstić information content (AvgIpc) is 3.33. The van der Waals surface area contributed by atoms with Crippen molar-refractivity contribution < 1.29 is 14.3 Å². The number of aromatic nitrogens is 2. The number of benzene rings is 1. The lowest BCUT2D eigenvalue weighted by Gasteiger charge is -2.43. The molecule has 0 spiro atoms. The molecule has 1 aromatic carbocycles. The topological polar surface area (TPSA) is 67.5 Å². The number of hydrogen-bond acceptors (Lipinski definition) is 4. The first-order valence-electron chi connectivity index (χ1n) is 11.2. The summed E-state index contributed by atoms with van der Waals surface area (Å²) in [7, 11) is 1.45. The first kappa shape index (κ1) is 20.9. The number of piperidine rings is 1. The Labute approximate surface area is 178 Å². The molecule has 6 nitrogen and oxygen atoms in total. The molecule has 0 bridgehead atoms. The second kappa shape index (κ2) is 9.65. The Morgan fingerprint density at radius 3 is 2.60 bits per heavy atom. The van der Waals surface area contributed by atoms with Crippen LogP contribution in [0.15, 0.2) is 42.6 Å². The minimum Gasteiger partial charge on any atom is -0.453 e. The summed E-state index contributed by atoms with van der Waals surface area (Å²) in [5.74, 6) is 1.21. The third-order valence-corrected chi connectivity index (χ3v) is 6.81. The highest BCUT2D eigenvalue weighted by atomic mass is 16.5. The fourth-order valence-corrected chi connectivity index (χ4v) is 5.22. The average molecular weight is 412 g/mol. The minimum atomic E-state index is -0.271. The largest absolute Gasteiger partial charge is 0.453 e. The molecule has 4 rings (SSSR count). The van der Waals surface area contributed by atoms with Gasteiger partial charge in [0.1, 0.15) is 0 Å². The smallest absolute Gasteiger partial charge is 0.409 e. The maximum absolute atomic E-state index is 12.5. The lowest BCUT2D eigenvalue weighted by atomic mass is 9.81. The van der Waals surface area contributed by atoms with Gasteiger partial charge in [-0.25, -0.2) is 4.79 Å². The van der Waals surface area contributed by atoms with E-state index in [0.29, 0.717) is 25.0 Å². The molecule has 1 N–H and O–H groups in total. The Bertz CT molecular complexity index is 787. The molecule has 1 saturated carbocycles. The van der Waals surface area contributed by atoms with E-state index in [-0.39, 0.29) is 24.2 Å². The van der Waals surface area contributed by atoms with Crippen LogP contribution in [0.25, 0.3) is 0 Å². The second-order valence-corrected chi connectivity index (χ2v) is 8.87. The van der Waals surface area contributed by atoms with E-state index in [1.54, 1.807) is 6.20 Å². The lowest BCUT2D eigenvalue weighted by Crippen LogP contribution is -2.52. The number of rotatable bonds is 5. The number of carbonyl (C=O) groups is 1. The summed E-state index contributed by atoms with van der Waals surface area (Å²) < 4.78 is 11.5. The van der Waals surface area contributed by atoms with Crippen LogP contribution in [0.3, 0.4) is 0 Å². The Balaban J connectivity index is 1.40. The van der Waals surface area contributed by atoms with Crippen molar-refractivity contribution in [1.82, 2.24) is 15.1 Å². The number of ether oxygens (including phenoxy) is 2. The number of H-pyrrole nitrogens is 1. The molecule has 1 amide bonds. The lowest BCUT2D eigenvalue weighted by molar-refractivity contribution is -0.0303. The van der Waals surface area contributed by atoms with Gasteiger partial charge < -0.3 is 14.4 Å². The first-order valence-corrected chi connectivity index (χ1v) is 11.2.